The Morgan fingerprint density at radius 1 is 1.04 bits per heavy atom. The van der Waals surface area contributed by atoms with Crippen molar-refractivity contribution >= 4 is 17.4 Å². The van der Waals surface area contributed by atoms with Crippen LogP contribution in [-0.4, -0.2) is 37.2 Å². The topological polar surface area (TPSA) is 63.7 Å². The number of nitrogens with one attached hydrogen (secondary N) is 1. The number of carbonyl (C=O) groups is 1. The lowest BCUT2D eigenvalue weighted by Gasteiger charge is -2.19. The third-order valence-electron chi connectivity index (χ3n) is 4.24. The summed E-state index contributed by atoms with van der Waals surface area (Å²) in [6, 6.07) is 9.03. The van der Waals surface area contributed by atoms with E-state index in [-0.39, 0.29) is 5.91 Å². The van der Waals surface area contributed by atoms with Gasteiger partial charge >= 0.3 is 0 Å². The molecular weight excluding hydrogens is 306 g/mol. The van der Waals surface area contributed by atoms with E-state index >= 15 is 0 Å². The SMILES string of the molecule is O=C(Nc1ccc(N2CCCC2)nc1)c1ccc2c(c1)OCCO2. The van der Waals surface area contributed by atoms with Crippen molar-refractivity contribution in [1.82, 2.24) is 4.98 Å². The van der Waals surface area contributed by atoms with Crippen LogP contribution in [0.15, 0.2) is 36.5 Å². The van der Waals surface area contributed by atoms with Crippen molar-refractivity contribution < 1.29 is 14.3 Å². The van der Waals surface area contributed by atoms with Gasteiger partial charge in [-0.15, -0.1) is 0 Å². The number of ether oxygens (including phenoxy) is 2. The lowest BCUT2D eigenvalue weighted by molar-refractivity contribution is 0.102. The molecular formula is C18H19N3O3. The van der Waals surface area contributed by atoms with E-state index in [1.807, 2.05) is 12.1 Å². The molecule has 4 rings (SSSR count). The van der Waals surface area contributed by atoms with Crippen molar-refractivity contribution in [3.8, 4) is 11.5 Å². The summed E-state index contributed by atoms with van der Waals surface area (Å²) in [5, 5.41) is 2.87. The molecule has 0 saturated carbocycles. The molecule has 0 bridgehead atoms. The van der Waals surface area contributed by atoms with Gasteiger partial charge in [-0.05, 0) is 43.2 Å². The maximum atomic E-state index is 12.4. The molecule has 0 radical (unpaired) electrons. The van der Waals surface area contributed by atoms with Gasteiger partial charge in [0.2, 0.25) is 0 Å². The van der Waals surface area contributed by atoms with Crippen LogP contribution in [0.25, 0.3) is 0 Å². The molecule has 2 aromatic rings. The zero-order valence-electron chi connectivity index (χ0n) is 13.3. The van der Waals surface area contributed by atoms with Gasteiger partial charge in [0, 0.05) is 18.7 Å². The Morgan fingerprint density at radius 3 is 2.58 bits per heavy atom. The zero-order valence-corrected chi connectivity index (χ0v) is 13.3. The number of benzene rings is 1. The van der Waals surface area contributed by atoms with Crippen molar-refractivity contribution in [2.75, 3.05) is 36.5 Å². The van der Waals surface area contributed by atoms with Gasteiger partial charge < -0.3 is 19.7 Å². The van der Waals surface area contributed by atoms with Crippen LogP contribution in [0.2, 0.25) is 0 Å². The van der Waals surface area contributed by atoms with Crippen LogP contribution >= 0.6 is 0 Å². The van der Waals surface area contributed by atoms with E-state index in [2.05, 4.69) is 15.2 Å². The third kappa shape index (κ3) is 2.99. The van der Waals surface area contributed by atoms with Crippen molar-refractivity contribution in [1.29, 1.82) is 0 Å². The van der Waals surface area contributed by atoms with Crippen LogP contribution in [0.4, 0.5) is 11.5 Å². The first kappa shape index (κ1) is 14.8. The Hall–Kier alpha value is -2.76. The van der Waals surface area contributed by atoms with Crippen molar-refractivity contribution in [2.24, 2.45) is 0 Å². The molecule has 0 atom stereocenters. The quantitative estimate of drug-likeness (QED) is 0.940. The molecule has 6 heteroatoms. The van der Waals surface area contributed by atoms with E-state index in [1.165, 1.54) is 12.8 Å². The van der Waals surface area contributed by atoms with E-state index in [0.29, 0.717) is 36.0 Å². The predicted molar refractivity (Wildman–Crippen MR) is 91.1 cm³/mol. The summed E-state index contributed by atoms with van der Waals surface area (Å²) in [6.07, 6.45) is 4.12. The minimum Gasteiger partial charge on any atom is -0.486 e. The fourth-order valence-corrected chi connectivity index (χ4v) is 2.98. The van der Waals surface area contributed by atoms with E-state index in [1.54, 1.807) is 24.4 Å². The Balaban J connectivity index is 1.45. The first-order chi connectivity index (χ1) is 11.8. The zero-order chi connectivity index (χ0) is 16.4. The summed E-state index contributed by atoms with van der Waals surface area (Å²) in [5.41, 5.74) is 1.21. The lowest BCUT2D eigenvalue weighted by atomic mass is 10.1. The molecule has 124 valence electrons. The number of fused-ring (bicyclic) bond motifs is 1. The second-order valence-corrected chi connectivity index (χ2v) is 5.91. The molecule has 0 spiro atoms. The number of hydrogen-bond acceptors (Lipinski definition) is 5. The van der Waals surface area contributed by atoms with Gasteiger partial charge in [0.05, 0.1) is 11.9 Å². The van der Waals surface area contributed by atoms with E-state index < -0.39 is 0 Å². The van der Waals surface area contributed by atoms with Crippen molar-refractivity contribution in [3.05, 3.63) is 42.1 Å². The Kier molecular flexibility index (Phi) is 3.94. The summed E-state index contributed by atoms with van der Waals surface area (Å²) in [5.74, 6) is 2.05. The first-order valence-electron chi connectivity index (χ1n) is 8.21. The number of pyridine rings is 1. The van der Waals surface area contributed by atoms with Gasteiger partial charge in [0.25, 0.3) is 5.91 Å². The second kappa shape index (κ2) is 6.39. The van der Waals surface area contributed by atoms with Crippen molar-refractivity contribution in [3.63, 3.8) is 0 Å². The standard InChI is InChI=1S/C18H19N3O3/c22-18(13-3-5-15-16(11-13)24-10-9-23-15)20-14-4-6-17(19-12-14)21-7-1-2-8-21/h3-6,11-12H,1-2,7-10H2,(H,20,22). The molecule has 1 aromatic heterocycles. The third-order valence-corrected chi connectivity index (χ3v) is 4.24. The molecule has 1 N–H and O–H groups in total. The lowest BCUT2D eigenvalue weighted by Crippen LogP contribution is -2.19. The maximum absolute atomic E-state index is 12.4. The largest absolute Gasteiger partial charge is 0.486 e. The number of aromatic nitrogens is 1. The van der Waals surface area contributed by atoms with Gasteiger partial charge in [-0.25, -0.2) is 4.98 Å². The van der Waals surface area contributed by atoms with E-state index in [4.69, 9.17) is 9.47 Å². The summed E-state index contributed by atoms with van der Waals surface area (Å²) in [4.78, 5) is 19.1. The normalized spacial score (nSPS) is 16.1. The summed E-state index contributed by atoms with van der Waals surface area (Å²) >= 11 is 0. The monoisotopic (exact) mass is 325 g/mol. The number of carbonyl (C=O) groups excluding carboxylic acids is 1. The Bertz CT molecular complexity index is 740. The highest BCUT2D eigenvalue weighted by atomic mass is 16.6. The highest BCUT2D eigenvalue weighted by molar-refractivity contribution is 6.04. The van der Waals surface area contributed by atoms with E-state index in [9.17, 15) is 4.79 Å². The van der Waals surface area contributed by atoms with Crippen molar-refractivity contribution in [2.45, 2.75) is 12.8 Å². The minimum atomic E-state index is -0.192. The molecule has 0 aliphatic carbocycles. The molecule has 24 heavy (non-hydrogen) atoms. The number of amides is 1. The van der Waals surface area contributed by atoms with Gasteiger partial charge in [-0.3, -0.25) is 4.79 Å². The van der Waals surface area contributed by atoms with E-state index in [0.717, 1.165) is 18.9 Å². The molecule has 1 fully saturated rings. The molecule has 1 amide bonds. The fourth-order valence-electron chi connectivity index (χ4n) is 2.98. The molecule has 2 aliphatic heterocycles. The molecule has 3 heterocycles. The van der Waals surface area contributed by atoms with Gasteiger partial charge in [0.1, 0.15) is 19.0 Å². The number of rotatable bonds is 3. The minimum absolute atomic E-state index is 0.192. The highest BCUT2D eigenvalue weighted by Gasteiger charge is 2.16. The first-order valence-corrected chi connectivity index (χ1v) is 8.21. The average Bonchev–Trinajstić information content (AvgIpc) is 3.16. The Morgan fingerprint density at radius 2 is 1.83 bits per heavy atom. The summed E-state index contributed by atoms with van der Waals surface area (Å²) in [6.45, 7) is 3.14. The molecule has 6 nitrogen and oxygen atoms in total. The number of anilines is 2. The van der Waals surface area contributed by atoms with Gasteiger partial charge in [-0.2, -0.15) is 0 Å². The molecule has 1 aromatic carbocycles. The summed E-state index contributed by atoms with van der Waals surface area (Å²) in [7, 11) is 0. The van der Waals surface area contributed by atoms with Gasteiger partial charge in [0.15, 0.2) is 11.5 Å². The number of nitrogens with zero attached hydrogens (tertiary/aromatic N) is 2. The predicted octanol–water partition coefficient (Wildman–Crippen LogP) is 2.71. The molecule has 0 unspecified atom stereocenters. The van der Waals surface area contributed by atoms with Crippen LogP contribution in [0, 0.1) is 0 Å². The maximum Gasteiger partial charge on any atom is 0.255 e. The van der Waals surface area contributed by atoms with Crippen LogP contribution < -0.4 is 19.7 Å². The Labute approximate surface area is 140 Å². The van der Waals surface area contributed by atoms with Crippen LogP contribution in [0.1, 0.15) is 23.2 Å². The molecule has 2 aliphatic rings. The second-order valence-electron chi connectivity index (χ2n) is 5.91. The van der Waals surface area contributed by atoms with Crippen LogP contribution in [0.3, 0.4) is 0 Å². The van der Waals surface area contributed by atoms with Gasteiger partial charge in [-0.1, -0.05) is 0 Å². The number of hydrogen-bond donors (Lipinski definition) is 1. The highest BCUT2D eigenvalue weighted by Crippen LogP contribution is 2.31. The summed E-state index contributed by atoms with van der Waals surface area (Å²) < 4.78 is 11.0. The fraction of sp³-hybridized carbons (Fsp3) is 0.333. The van der Waals surface area contributed by atoms with Crippen LogP contribution in [0.5, 0.6) is 11.5 Å². The molecule has 1 saturated heterocycles. The van der Waals surface area contributed by atoms with Crippen LogP contribution in [-0.2, 0) is 0 Å². The smallest absolute Gasteiger partial charge is 0.255 e. The average molecular weight is 325 g/mol.